The van der Waals surface area contributed by atoms with Gasteiger partial charge in [-0.15, -0.1) is 12.4 Å². The van der Waals surface area contributed by atoms with E-state index in [1.165, 1.54) is 6.20 Å². The Labute approximate surface area is 160 Å². The Morgan fingerprint density at radius 1 is 1.11 bits per heavy atom. The van der Waals surface area contributed by atoms with Crippen LogP contribution in [-0.4, -0.2) is 52.3 Å². The molecule has 0 amide bonds. The summed E-state index contributed by atoms with van der Waals surface area (Å²) in [6.45, 7) is 5.86. The average molecular weight is 401 g/mol. The van der Waals surface area contributed by atoms with Gasteiger partial charge in [-0.2, -0.15) is 13.2 Å². The number of hydrogen-bond acceptors (Lipinski definition) is 4. The van der Waals surface area contributed by atoms with Crippen LogP contribution in [0.4, 0.5) is 13.2 Å². The van der Waals surface area contributed by atoms with Crippen LogP contribution in [0, 0.1) is 6.92 Å². The number of hydrogen-bond donors (Lipinski definition) is 0. The summed E-state index contributed by atoms with van der Waals surface area (Å²) < 4.78 is 47.8. The first-order valence-electron chi connectivity index (χ1n) is 8.56. The van der Waals surface area contributed by atoms with Gasteiger partial charge in [0.25, 0.3) is 0 Å². The first kappa shape index (κ1) is 19.9. The molecule has 9 heteroatoms. The van der Waals surface area contributed by atoms with Gasteiger partial charge in [-0.1, -0.05) is 0 Å². The number of ether oxygens (including phenoxy) is 1. The number of fused-ring (bicyclic) bond motifs is 3. The standard InChI is InChI=1S/C18H19F3N4O.ClH/c1-12-10-15-14(11-23-12)13-2-3-22-17(18(19,20)21)16(13)25(15)5-4-24-6-8-26-9-7-24;/h2-3,10-11H,4-9H2,1H3;1H. The minimum atomic E-state index is -4.51. The molecule has 0 atom stereocenters. The maximum atomic E-state index is 13.6. The molecule has 0 aromatic carbocycles. The van der Waals surface area contributed by atoms with E-state index in [0.717, 1.165) is 29.7 Å². The van der Waals surface area contributed by atoms with Gasteiger partial charge in [-0.05, 0) is 19.1 Å². The number of alkyl halides is 3. The second kappa shape index (κ2) is 7.61. The van der Waals surface area contributed by atoms with Gasteiger partial charge in [-0.3, -0.25) is 9.88 Å². The summed E-state index contributed by atoms with van der Waals surface area (Å²) in [4.78, 5) is 10.1. The summed E-state index contributed by atoms with van der Waals surface area (Å²) in [6.07, 6.45) is -1.64. The molecule has 0 N–H and O–H groups in total. The third-order valence-corrected chi connectivity index (χ3v) is 4.81. The Morgan fingerprint density at radius 2 is 1.85 bits per heavy atom. The zero-order valence-electron chi connectivity index (χ0n) is 14.8. The van der Waals surface area contributed by atoms with E-state index in [2.05, 4.69) is 14.9 Å². The Kier molecular flexibility index (Phi) is 5.60. The molecule has 3 aromatic rings. The number of morpholine rings is 1. The van der Waals surface area contributed by atoms with E-state index in [1.807, 2.05) is 13.0 Å². The van der Waals surface area contributed by atoms with E-state index >= 15 is 0 Å². The predicted octanol–water partition coefficient (Wildman–Crippen LogP) is 3.67. The molecule has 1 aliphatic rings. The highest BCUT2D eigenvalue weighted by Gasteiger charge is 2.36. The minimum Gasteiger partial charge on any atom is -0.379 e. The molecule has 0 saturated carbocycles. The van der Waals surface area contributed by atoms with E-state index in [4.69, 9.17) is 4.74 Å². The number of halogens is 4. The average Bonchev–Trinajstić information content (AvgIpc) is 2.92. The molecule has 3 aromatic heterocycles. The largest absolute Gasteiger partial charge is 0.435 e. The summed E-state index contributed by atoms with van der Waals surface area (Å²) in [7, 11) is 0. The third kappa shape index (κ3) is 3.74. The van der Waals surface area contributed by atoms with Crippen LogP contribution in [-0.2, 0) is 17.5 Å². The van der Waals surface area contributed by atoms with Crippen LogP contribution in [0.1, 0.15) is 11.4 Å². The molecule has 0 bridgehead atoms. The van der Waals surface area contributed by atoms with Gasteiger partial charge < -0.3 is 9.30 Å². The highest BCUT2D eigenvalue weighted by atomic mass is 35.5. The van der Waals surface area contributed by atoms with Crippen molar-refractivity contribution in [3.05, 3.63) is 35.9 Å². The second-order valence-electron chi connectivity index (χ2n) is 6.50. The lowest BCUT2D eigenvalue weighted by Crippen LogP contribution is -2.38. The van der Waals surface area contributed by atoms with E-state index < -0.39 is 11.9 Å². The highest BCUT2D eigenvalue weighted by Crippen LogP contribution is 2.37. The topological polar surface area (TPSA) is 43.2 Å². The first-order chi connectivity index (χ1) is 12.4. The van der Waals surface area contributed by atoms with Crippen LogP contribution in [0.15, 0.2) is 24.5 Å². The normalized spacial score (nSPS) is 16.0. The van der Waals surface area contributed by atoms with Crippen molar-refractivity contribution in [3.63, 3.8) is 0 Å². The number of rotatable bonds is 3. The SMILES string of the molecule is Cc1cc2c(cn1)c1ccnc(C(F)(F)F)c1n2CCN1CCOCC1.Cl. The molecule has 27 heavy (non-hydrogen) atoms. The molecular formula is C18H20ClF3N4O. The maximum absolute atomic E-state index is 13.6. The summed E-state index contributed by atoms with van der Waals surface area (Å²) in [6, 6.07) is 3.48. The summed E-state index contributed by atoms with van der Waals surface area (Å²) >= 11 is 0. The fourth-order valence-corrected chi connectivity index (χ4v) is 3.55. The van der Waals surface area contributed by atoms with Crippen molar-refractivity contribution < 1.29 is 17.9 Å². The molecule has 4 rings (SSSR count). The number of aromatic nitrogens is 3. The molecule has 5 nitrogen and oxygen atoms in total. The van der Waals surface area contributed by atoms with Crippen LogP contribution in [0.2, 0.25) is 0 Å². The number of aryl methyl sites for hydroxylation is 1. The molecule has 1 saturated heterocycles. The fourth-order valence-electron chi connectivity index (χ4n) is 3.55. The Balaban J connectivity index is 0.00000210. The lowest BCUT2D eigenvalue weighted by Gasteiger charge is -2.27. The molecule has 0 spiro atoms. The van der Waals surface area contributed by atoms with Crippen LogP contribution < -0.4 is 0 Å². The van der Waals surface area contributed by atoms with Gasteiger partial charge in [-0.25, -0.2) is 4.98 Å². The van der Waals surface area contributed by atoms with Crippen LogP contribution in [0.3, 0.4) is 0 Å². The molecule has 0 radical (unpaired) electrons. The van der Waals surface area contributed by atoms with Gasteiger partial charge in [0.2, 0.25) is 0 Å². The molecule has 146 valence electrons. The molecular weight excluding hydrogens is 381 g/mol. The molecule has 0 unspecified atom stereocenters. The van der Waals surface area contributed by atoms with E-state index in [9.17, 15) is 13.2 Å². The number of pyridine rings is 2. The lowest BCUT2D eigenvalue weighted by atomic mass is 10.2. The van der Waals surface area contributed by atoms with Gasteiger partial charge >= 0.3 is 6.18 Å². The van der Waals surface area contributed by atoms with Gasteiger partial charge in [0.05, 0.1) is 24.2 Å². The summed E-state index contributed by atoms with van der Waals surface area (Å²) in [5.41, 5.74) is 0.829. The molecule has 1 aliphatic heterocycles. The number of nitrogens with zero attached hydrogens (tertiary/aromatic N) is 4. The van der Waals surface area contributed by atoms with Crippen molar-refractivity contribution in [3.8, 4) is 0 Å². The Hall–Kier alpha value is -1.90. The second-order valence-corrected chi connectivity index (χ2v) is 6.50. The van der Waals surface area contributed by atoms with Crippen molar-refractivity contribution in [1.29, 1.82) is 0 Å². The minimum absolute atomic E-state index is 0. The highest BCUT2D eigenvalue weighted by molar-refractivity contribution is 6.08. The van der Waals surface area contributed by atoms with Crippen molar-refractivity contribution in [2.75, 3.05) is 32.8 Å². The van der Waals surface area contributed by atoms with Crippen molar-refractivity contribution in [1.82, 2.24) is 19.4 Å². The smallest absolute Gasteiger partial charge is 0.379 e. The quantitative estimate of drug-likeness (QED) is 0.673. The van der Waals surface area contributed by atoms with Crippen molar-refractivity contribution in [2.45, 2.75) is 19.6 Å². The first-order valence-corrected chi connectivity index (χ1v) is 8.56. The predicted molar refractivity (Wildman–Crippen MR) is 99.3 cm³/mol. The van der Waals surface area contributed by atoms with Crippen molar-refractivity contribution in [2.24, 2.45) is 0 Å². The molecule has 1 fully saturated rings. The van der Waals surface area contributed by atoms with E-state index in [0.29, 0.717) is 31.7 Å². The van der Waals surface area contributed by atoms with E-state index in [-0.39, 0.29) is 17.9 Å². The third-order valence-electron chi connectivity index (χ3n) is 4.81. The monoisotopic (exact) mass is 400 g/mol. The van der Waals surface area contributed by atoms with Crippen LogP contribution in [0.25, 0.3) is 21.8 Å². The maximum Gasteiger partial charge on any atom is 0.435 e. The zero-order chi connectivity index (χ0) is 18.3. The zero-order valence-corrected chi connectivity index (χ0v) is 15.6. The van der Waals surface area contributed by atoms with Gasteiger partial charge in [0, 0.05) is 55.0 Å². The fraction of sp³-hybridized carbons (Fsp3) is 0.444. The summed E-state index contributed by atoms with van der Waals surface area (Å²) in [5.74, 6) is 0. The van der Waals surface area contributed by atoms with Crippen LogP contribution >= 0.6 is 12.4 Å². The van der Waals surface area contributed by atoms with Crippen LogP contribution in [0.5, 0.6) is 0 Å². The van der Waals surface area contributed by atoms with Gasteiger partial charge in [0.1, 0.15) is 0 Å². The van der Waals surface area contributed by atoms with Crippen molar-refractivity contribution >= 4 is 34.2 Å². The Morgan fingerprint density at radius 3 is 2.56 bits per heavy atom. The van der Waals surface area contributed by atoms with Gasteiger partial charge in [0.15, 0.2) is 5.69 Å². The summed E-state index contributed by atoms with van der Waals surface area (Å²) in [5, 5.41) is 1.26. The Bertz CT molecular complexity index is 951. The molecule has 4 heterocycles. The molecule has 0 aliphatic carbocycles. The lowest BCUT2D eigenvalue weighted by molar-refractivity contribution is -0.140. The van der Waals surface area contributed by atoms with E-state index in [1.54, 1.807) is 16.8 Å².